The summed E-state index contributed by atoms with van der Waals surface area (Å²) in [5.41, 5.74) is 30.9. The lowest BCUT2D eigenvalue weighted by atomic mass is 10.1. The zero-order valence-corrected chi connectivity index (χ0v) is 64.8. The Balaban J connectivity index is 0.000000205. The third-order valence-electron chi connectivity index (χ3n) is 15.1. The van der Waals surface area contributed by atoms with Crippen molar-refractivity contribution in [3.8, 4) is 6.01 Å². The van der Waals surface area contributed by atoms with E-state index >= 15 is 0 Å². The topological polar surface area (TPSA) is 523 Å². The summed E-state index contributed by atoms with van der Waals surface area (Å²) in [4.78, 5) is 128. The summed E-state index contributed by atoms with van der Waals surface area (Å²) >= 11 is 0. The molecular formula is C79H87F3N24O11. The highest BCUT2D eigenvalue weighted by atomic mass is 19.1. The molecule has 0 aliphatic heterocycles. The van der Waals surface area contributed by atoms with Crippen molar-refractivity contribution in [2.75, 3.05) is 62.2 Å². The van der Waals surface area contributed by atoms with Gasteiger partial charge >= 0.3 is 18.2 Å². The van der Waals surface area contributed by atoms with Gasteiger partial charge in [-0.2, -0.15) is 15.0 Å². The summed E-state index contributed by atoms with van der Waals surface area (Å²) < 4.78 is 50.4. The molecule has 0 saturated heterocycles. The van der Waals surface area contributed by atoms with Gasteiger partial charge in [0.25, 0.3) is 35.4 Å². The van der Waals surface area contributed by atoms with E-state index in [1.54, 1.807) is 131 Å². The van der Waals surface area contributed by atoms with Crippen molar-refractivity contribution < 1.29 is 65.8 Å². The number of primary amides is 3. The van der Waals surface area contributed by atoms with Crippen molar-refractivity contribution >= 4 is 122 Å². The first-order chi connectivity index (χ1) is 55.5. The first kappa shape index (κ1) is 87.6. The minimum Gasteiger partial charge on any atom is -0.444 e. The van der Waals surface area contributed by atoms with Crippen molar-refractivity contribution in [3.63, 3.8) is 0 Å². The van der Waals surface area contributed by atoms with E-state index < -0.39 is 76.3 Å². The Morgan fingerprint density at radius 3 is 1.21 bits per heavy atom. The van der Waals surface area contributed by atoms with Gasteiger partial charge in [0.05, 0.1) is 0 Å². The molecule has 610 valence electrons. The average Bonchev–Trinajstić information content (AvgIpc) is 1.51. The summed E-state index contributed by atoms with van der Waals surface area (Å²) in [6, 6.07) is 42.6. The molecule has 0 unspecified atom stereocenters. The van der Waals surface area contributed by atoms with Crippen molar-refractivity contribution in [2.45, 2.75) is 91.6 Å². The average molecular weight is 1610 g/mol. The SMILES string of the molecule is C[C@@H](CN)NC(=O)OC(C)(C)C.C[C@@H](CNc1ncc(C(N)=O)c(Nc2cccc(C(=O)Nc3cccc(F)c3)c2)n1)NC(=O)OC(C)(C)C.C[C@H](N)CNc1ncc(C(N)=O)c(Nc2cccc(C(=O)Nc3cccc(F)c3)c2)n1.NC(=O)c1cnc(On2nnc3ccccc32)nc1Nc1cccc(C(=O)Nc2cccc(F)c2)c1. The monoisotopic (exact) mass is 1600 g/mol. The molecule has 3 atom stereocenters. The second-order valence-electron chi connectivity index (χ2n) is 27.5. The van der Waals surface area contributed by atoms with Crippen LogP contribution >= 0.6 is 0 Å². The number of nitrogens with one attached hydrogen (secondary N) is 10. The van der Waals surface area contributed by atoms with Gasteiger partial charge in [-0.25, -0.2) is 37.7 Å². The van der Waals surface area contributed by atoms with E-state index in [0.717, 1.165) is 4.85 Å². The molecule has 35 nitrogen and oxygen atoms in total. The number of ether oxygens (including phenoxy) is 2. The third kappa shape index (κ3) is 28.6. The molecule has 7 aromatic carbocycles. The van der Waals surface area contributed by atoms with Crippen LogP contribution in [-0.4, -0.2) is 142 Å². The first-order valence-electron chi connectivity index (χ1n) is 35.8. The Kier molecular flexibility index (Phi) is 30.7. The van der Waals surface area contributed by atoms with Gasteiger partial charge in [0.15, 0.2) is 5.82 Å². The fraction of sp³-hybridized carbons (Fsp3) is 0.215. The first-order valence-corrected chi connectivity index (χ1v) is 35.8. The summed E-state index contributed by atoms with van der Waals surface area (Å²) in [6.45, 7) is 17.3. The molecule has 0 radical (unpaired) electrons. The standard InChI is InChI=1S/C26H30FN7O4.C24H17FN8O3.C21H22FN7O2.C8H18N2O2/c1-15(31-25(37)38-26(2,3)4)13-29-24-30-14-20(21(28)35)22(34-24)32-18-9-5-7-16(11-18)23(36)33-19-10-6-8-17(27)12-19;25-15-6-4-8-17(12-15)29-23(35)14-5-3-7-16(11-14)28-22-18(21(26)34)13-27-24(30-22)36-33-20-10-2-1-9-19(20)31-32-33;1-12(23)10-25-21-26-11-17(18(24)30)19(29-21)27-15-6-2-4-13(8-15)20(31)28-16-7-3-5-14(22)9-16;1-6(5-9)10-7(11)12-8(2,3)4/h5-12,14-15H,13H2,1-4H3,(H2,28,35)(H,31,37)(H,33,36)(H2,29,30,32,34);1-13H,(H2,26,34)(H,29,35)(H,27,28,30);2-9,11-12H,10,23H2,1H3,(H2,24,30)(H,28,31)(H2,25,26,27,29);6H,5,9H2,1-4H3,(H,10,11)/t15-;;12-;6-/m0.00/s1. The van der Waals surface area contributed by atoms with Gasteiger partial charge in [0.1, 0.15) is 68.0 Å². The molecule has 4 heterocycles. The minimum atomic E-state index is -0.768. The molecular weight excluding hydrogens is 1520 g/mol. The molecule has 0 aliphatic rings. The lowest BCUT2D eigenvalue weighted by Gasteiger charge is -2.22. The third-order valence-corrected chi connectivity index (χ3v) is 15.1. The number of hydrogen-bond donors (Lipinski definition) is 15. The number of carbonyl (C=O) groups excluding carboxylic acids is 8. The maximum atomic E-state index is 13.4. The Morgan fingerprint density at radius 2 is 0.821 bits per heavy atom. The van der Waals surface area contributed by atoms with Gasteiger partial charge in [-0.05, 0) is 189 Å². The minimum absolute atomic E-state index is 0.000383. The van der Waals surface area contributed by atoms with Crippen LogP contribution in [0.5, 0.6) is 6.01 Å². The van der Waals surface area contributed by atoms with Crippen LogP contribution in [0.3, 0.4) is 0 Å². The molecule has 0 spiro atoms. The Hall–Kier alpha value is -15.0. The number of benzene rings is 7. The number of nitrogens with two attached hydrogens (primary N) is 5. The highest BCUT2D eigenvalue weighted by Crippen LogP contribution is 2.27. The van der Waals surface area contributed by atoms with Crippen LogP contribution in [0.2, 0.25) is 0 Å². The Bertz CT molecular complexity index is 5360. The van der Waals surface area contributed by atoms with Gasteiger partial charge < -0.3 is 96.1 Å². The summed E-state index contributed by atoms with van der Waals surface area (Å²) in [7, 11) is 0. The number of carbonyl (C=O) groups is 8. The number of halogens is 3. The number of rotatable bonds is 26. The Labute approximate surface area is 668 Å². The zero-order valence-electron chi connectivity index (χ0n) is 64.8. The summed E-state index contributed by atoms with van der Waals surface area (Å²) in [5, 5.41) is 36.0. The molecule has 117 heavy (non-hydrogen) atoms. The van der Waals surface area contributed by atoms with Crippen molar-refractivity contribution in [3.05, 3.63) is 239 Å². The van der Waals surface area contributed by atoms with E-state index in [9.17, 15) is 51.5 Å². The van der Waals surface area contributed by atoms with Crippen molar-refractivity contribution in [1.82, 2.24) is 55.7 Å². The van der Waals surface area contributed by atoms with Crippen LogP contribution < -0.4 is 86.7 Å². The number of hydrogen-bond acceptors (Lipinski definition) is 26. The molecule has 0 bridgehead atoms. The van der Waals surface area contributed by atoms with Crippen LogP contribution in [-0.2, 0) is 9.47 Å². The predicted octanol–water partition coefficient (Wildman–Crippen LogP) is 10.7. The van der Waals surface area contributed by atoms with Crippen LogP contribution in [0.4, 0.5) is 86.2 Å². The van der Waals surface area contributed by atoms with Crippen molar-refractivity contribution in [1.29, 1.82) is 0 Å². The highest BCUT2D eigenvalue weighted by molar-refractivity contribution is 6.07. The summed E-state index contributed by atoms with van der Waals surface area (Å²) in [5.74, 6) is -4.16. The Morgan fingerprint density at radius 1 is 0.453 bits per heavy atom. The van der Waals surface area contributed by atoms with Gasteiger partial charge in [0, 0.05) is 107 Å². The van der Waals surface area contributed by atoms with E-state index in [0.29, 0.717) is 63.8 Å². The molecule has 8 amide bonds. The van der Waals surface area contributed by atoms with E-state index in [1.165, 1.54) is 79.3 Å². The second-order valence-corrected chi connectivity index (χ2v) is 27.5. The molecule has 0 fully saturated rings. The second kappa shape index (κ2) is 41.0. The fourth-order valence-electron chi connectivity index (χ4n) is 9.72. The summed E-state index contributed by atoms with van der Waals surface area (Å²) in [6.07, 6.45) is 2.82. The van der Waals surface area contributed by atoms with Crippen molar-refractivity contribution in [2.24, 2.45) is 28.7 Å². The van der Waals surface area contributed by atoms with Gasteiger partial charge in [-0.3, -0.25) is 28.8 Å². The number of nitrogens with zero attached hydrogens (tertiary/aromatic N) is 9. The molecule has 0 aliphatic carbocycles. The molecule has 38 heteroatoms. The van der Waals surface area contributed by atoms with E-state index in [-0.39, 0.29) is 87.8 Å². The maximum absolute atomic E-state index is 13.4. The largest absolute Gasteiger partial charge is 0.444 e. The number of para-hydroxylation sites is 1. The smallest absolute Gasteiger partial charge is 0.407 e. The van der Waals surface area contributed by atoms with Crippen LogP contribution in [0.1, 0.15) is 124 Å². The zero-order chi connectivity index (χ0) is 85.1. The number of fused-ring (bicyclic) bond motifs is 1. The predicted molar refractivity (Wildman–Crippen MR) is 435 cm³/mol. The van der Waals surface area contributed by atoms with Crippen LogP contribution in [0.15, 0.2) is 188 Å². The van der Waals surface area contributed by atoms with Gasteiger partial charge in [0.2, 0.25) is 11.9 Å². The number of alkyl carbamates (subject to hydrolysis) is 2. The normalized spacial score (nSPS) is 11.5. The van der Waals surface area contributed by atoms with Gasteiger partial charge in [-0.1, -0.05) is 53.4 Å². The molecule has 11 aromatic rings. The quantitative estimate of drug-likeness (QED) is 0.0239. The molecule has 0 saturated carbocycles. The number of anilines is 11. The maximum Gasteiger partial charge on any atom is 0.407 e. The lowest BCUT2D eigenvalue weighted by molar-refractivity contribution is 0.0498. The fourth-order valence-corrected chi connectivity index (χ4v) is 9.72. The highest BCUT2D eigenvalue weighted by Gasteiger charge is 2.23. The number of aromatic nitrogens is 9. The molecule has 4 aromatic heterocycles. The van der Waals surface area contributed by atoms with Gasteiger partial charge in [-0.15, -0.1) is 5.10 Å². The van der Waals surface area contributed by atoms with Crippen LogP contribution in [0, 0.1) is 17.5 Å². The number of amides is 8. The molecule has 20 N–H and O–H groups in total. The van der Waals surface area contributed by atoms with E-state index in [2.05, 4.69) is 93.4 Å². The van der Waals surface area contributed by atoms with E-state index in [4.69, 9.17) is 43.0 Å². The lowest BCUT2D eigenvalue weighted by Crippen LogP contribution is -2.41. The van der Waals surface area contributed by atoms with Crippen LogP contribution in [0.25, 0.3) is 11.0 Å². The molecule has 11 rings (SSSR count). The van der Waals surface area contributed by atoms with E-state index in [1.807, 2.05) is 40.7 Å².